The van der Waals surface area contributed by atoms with Crippen molar-refractivity contribution in [1.82, 2.24) is 5.32 Å². The van der Waals surface area contributed by atoms with E-state index in [4.69, 9.17) is 15.2 Å². The van der Waals surface area contributed by atoms with E-state index in [1.54, 1.807) is 37.3 Å². The lowest BCUT2D eigenvalue weighted by Crippen LogP contribution is -2.33. The summed E-state index contributed by atoms with van der Waals surface area (Å²) in [7, 11) is 3.15. The molecule has 1 fully saturated rings. The fraction of sp³-hybridized carbons (Fsp3) is 0.417. The summed E-state index contributed by atoms with van der Waals surface area (Å²) in [6.07, 6.45) is 0. The molecule has 6 nitrogen and oxygen atoms in total. The molecule has 6 heteroatoms. The largest absolute Gasteiger partial charge is 0.497 e. The number of ether oxygens (including phenoxy) is 2. The van der Waals surface area contributed by atoms with Crippen LogP contribution in [0, 0.1) is 0 Å². The van der Waals surface area contributed by atoms with Gasteiger partial charge in [0.05, 0.1) is 25.9 Å². The van der Waals surface area contributed by atoms with Gasteiger partial charge < -0.3 is 20.5 Å². The van der Waals surface area contributed by atoms with Crippen molar-refractivity contribution in [2.75, 3.05) is 32.2 Å². The number of carbonyl (C=O) groups excluding carboxylic acids is 1. The summed E-state index contributed by atoms with van der Waals surface area (Å²) < 4.78 is 10.4. The molecule has 0 saturated carbocycles. The summed E-state index contributed by atoms with van der Waals surface area (Å²) in [5, 5.41) is 2.81. The van der Waals surface area contributed by atoms with Crippen molar-refractivity contribution in [1.29, 1.82) is 0 Å². The Labute approximate surface area is 106 Å². The van der Waals surface area contributed by atoms with E-state index >= 15 is 0 Å². The van der Waals surface area contributed by atoms with Gasteiger partial charge in [-0.15, -0.1) is 0 Å². The van der Waals surface area contributed by atoms with Gasteiger partial charge in [-0.25, -0.2) is 4.79 Å². The van der Waals surface area contributed by atoms with Crippen LogP contribution in [0.1, 0.15) is 0 Å². The molecule has 98 valence electrons. The van der Waals surface area contributed by atoms with E-state index in [-0.39, 0.29) is 12.1 Å². The second-order valence-electron chi connectivity index (χ2n) is 4.03. The predicted octanol–water partition coefficient (Wildman–Crippen LogP) is 0.561. The minimum Gasteiger partial charge on any atom is -0.497 e. The van der Waals surface area contributed by atoms with E-state index in [9.17, 15) is 4.79 Å². The van der Waals surface area contributed by atoms with Gasteiger partial charge in [0.15, 0.2) is 0 Å². The number of hydrogen-bond donors (Lipinski definition) is 2. The molecule has 2 amide bonds. The predicted molar refractivity (Wildman–Crippen MR) is 68.3 cm³/mol. The van der Waals surface area contributed by atoms with E-state index in [1.165, 1.54) is 0 Å². The smallest absolute Gasteiger partial charge is 0.322 e. The van der Waals surface area contributed by atoms with Gasteiger partial charge in [0, 0.05) is 19.2 Å². The third kappa shape index (κ3) is 2.19. The first-order valence-electron chi connectivity index (χ1n) is 5.69. The van der Waals surface area contributed by atoms with Crippen LogP contribution in [-0.2, 0) is 0 Å². The van der Waals surface area contributed by atoms with Crippen molar-refractivity contribution in [2.24, 2.45) is 5.73 Å². The second-order valence-corrected chi connectivity index (χ2v) is 4.03. The van der Waals surface area contributed by atoms with Gasteiger partial charge in [-0.1, -0.05) is 0 Å². The van der Waals surface area contributed by atoms with Crippen molar-refractivity contribution in [2.45, 2.75) is 6.04 Å². The highest BCUT2D eigenvalue weighted by Gasteiger charge is 2.30. The highest BCUT2D eigenvalue weighted by molar-refractivity contribution is 5.96. The average molecular weight is 251 g/mol. The molecule has 3 N–H and O–H groups in total. The molecular formula is C12H17N3O3. The number of anilines is 1. The fourth-order valence-electron chi connectivity index (χ4n) is 1.95. The molecular weight excluding hydrogens is 234 g/mol. The highest BCUT2D eigenvalue weighted by Crippen LogP contribution is 2.33. The maximum absolute atomic E-state index is 11.9. The number of nitrogens with zero attached hydrogens (tertiary/aromatic N) is 1. The molecule has 2 rings (SSSR count). The number of benzene rings is 1. The van der Waals surface area contributed by atoms with Gasteiger partial charge in [0.2, 0.25) is 0 Å². The summed E-state index contributed by atoms with van der Waals surface area (Å²) in [6.45, 7) is 0.938. The Morgan fingerprint density at radius 1 is 1.44 bits per heavy atom. The number of carbonyl (C=O) groups is 1. The van der Waals surface area contributed by atoms with Crippen LogP contribution in [0.3, 0.4) is 0 Å². The van der Waals surface area contributed by atoms with Gasteiger partial charge in [-0.2, -0.15) is 0 Å². The Bertz CT molecular complexity index is 450. The lowest BCUT2D eigenvalue weighted by Gasteiger charge is -2.18. The van der Waals surface area contributed by atoms with Gasteiger partial charge in [-0.05, 0) is 12.1 Å². The first kappa shape index (κ1) is 12.5. The van der Waals surface area contributed by atoms with Gasteiger partial charge in [0.25, 0.3) is 0 Å². The van der Waals surface area contributed by atoms with E-state index in [0.29, 0.717) is 30.3 Å². The SMILES string of the molecule is COc1ccc(OC)c(N2CC(CN)NC2=O)c1. The molecule has 1 saturated heterocycles. The van der Waals surface area contributed by atoms with Crippen molar-refractivity contribution in [3.8, 4) is 11.5 Å². The minimum atomic E-state index is -0.169. The van der Waals surface area contributed by atoms with Gasteiger partial charge in [-0.3, -0.25) is 4.90 Å². The van der Waals surface area contributed by atoms with Crippen molar-refractivity contribution >= 4 is 11.7 Å². The van der Waals surface area contributed by atoms with E-state index in [1.807, 2.05) is 0 Å². The number of urea groups is 1. The van der Waals surface area contributed by atoms with Gasteiger partial charge >= 0.3 is 6.03 Å². The topological polar surface area (TPSA) is 76.8 Å². The Balaban J connectivity index is 2.34. The zero-order valence-corrected chi connectivity index (χ0v) is 10.5. The molecule has 1 aliphatic heterocycles. The molecule has 1 aliphatic rings. The molecule has 18 heavy (non-hydrogen) atoms. The molecule has 0 bridgehead atoms. The number of nitrogens with one attached hydrogen (secondary N) is 1. The molecule has 0 spiro atoms. The van der Waals surface area contributed by atoms with Gasteiger partial charge in [0.1, 0.15) is 11.5 Å². The Kier molecular flexibility index (Phi) is 3.57. The maximum atomic E-state index is 11.9. The molecule has 1 aromatic carbocycles. The third-order valence-electron chi connectivity index (χ3n) is 2.94. The molecule has 0 aromatic heterocycles. The van der Waals surface area contributed by atoms with E-state index < -0.39 is 0 Å². The van der Waals surface area contributed by atoms with Crippen LogP contribution in [-0.4, -0.2) is 39.4 Å². The average Bonchev–Trinajstić information content (AvgIpc) is 2.79. The molecule has 1 aromatic rings. The van der Waals surface area contributed by atoms with Crippen LogP contribution >= 0.6 is 0 Å². The first-order valence-corrected chi connectivity index (χ1v) is 5.69. The first-order chi connectivity index (χ1) is 8.69. The number of rotatable bonds is 4. The van der Waals surface area contributed by atoms with E-state index in [0.717, 1.165) is 0 Å². The Morgan fingerprint density at radius 2 is 2.22 bits per heavy atom. The second kappa shape index (κ2) is 5.14. The van der Waals surface area contributed by atoms with Crippen LogP contribution < -0.4 is 25.4 Å². The van der Waals surface area contributed by atoms with Crippen molar-refractivity contribution in [3.63, 3.8) is 0 Å². The van der Waals surface area contributed by atoms with Crippen molar-refractivity contribution < 1.29 is 14.3 Å². The summed E-state index contributed by atoms with van der Waals surface area (Å²) in [4.78, 5) is 13.5. The minimum absolute atomic E-state index is 0.0339. The molecule has 0 radical (unpaired) electrons. The summed E-state index contributed by atoms with van der Waals surface area (Å²) in [6, 6.07) is 5.14. The van der Waals surface area contributed by atoms with Crippen molar-refractivity contribution in [3.05, 3.63) is 18.2 Å². The Morgan fingerprint density at radius 3 is 2.78 bits per heavy atom. The lowest BCUT2D eigenvalue weighted by molar-refractivity contribution is 0.250. The normalized spacial score (nSPS) is 18.7. The van der Waals surface area contributed by atoms with Crippen LogP contribution in [0.4, 0.5) is 10.5 Å². The fourth-order valence-corrected chi connectivity index (χ4v) is 1.95. The summed E-state index contributed by atoms with van der Waals surface area (Å²) in [5.41, 5.74) is 6.25. The molecule has 0 aliphatic carbocycles. The summed E-state index contributed by atoms with van der Waals surface area (Å²) in [5.74, 6) is 1.30. The molecule has 1 atom stereocenters. The van der Waals surface area contributed by atoms with Crippen LogP contribution in [0.15, 0.2) is 18.2 Å². The molecule has 1 heterocycles. The third-order valence-corrected chi connectivity index (χ3v) is 2.94. The number of hydrogen-bond acceptors (Lipinski definition) is 4. The maximum Gasteiger partial charge on any atom is 0.322 e. The van der Waals surface area contributed by atoms with Crippen LogP contribution in [0.5, 0.6) is 11.5 Å². The quantitative estimate of drug-likeness (QED) is 0.819. The summed E-state index contributed by atoms with van der Waals surface area (Å²) >= 11 is 0. The number of amides is 2. The number of nitrogens with two attached hydrogens (primary N) is 1. The monoisotopic (exact) mass is 251 g/mol. The zero-order valence-electron chi connectivity index (χ0n) is 10.5. The van der Waals surface area contributed by atoms with E-state index in [2.05, 4.69) is 5.32 Å². The number of methoxy groups -OCH3 is 2. The standard InChI is InChI=1S/C12H17N3O3/c1-17-9-3-4-11(18-2)10(5-9)15-7-8(6-13)14-12(15)16/h3-5,8H,6-7,13H2,1-2H3,(H,14,16). The zero-order chi connectivity index (χ0) is 13.1. The highest BCUT2D eigenvalue weighted by atomic mass is 16.5. The Hall–Kier alpha value is -1.95. The lowest BCUT2D eigenvalue weighted by atomic mass is 10.2. The van der Waals surface area contributed by atoms with Crippen LogP contribution in [0.2, 0.25) is 0 Å². The molecule has 1 unspecified atom stereocenters. The van der Waals surface area contributed by atoms with Crippen LogP contribution in [0.25, 0.3) is 0 Å².